The van der Waals surface area contributed by atoms with Crippen molar-refractivity contribution in [2.75, 3.05) is 10.5 Å². The summed E-state index contributed by atoms with van der Waals surface area (Å²) < 4.78 is 17.6. The molecule has 4 aromatic rings. The standard InChI is InChI=1S/C20H14ClFN4S.C5H11N/c21-15-3-1-2-4-19(15)27-26-18-8-6-13(10-16(18)22)12-5-7-17-14(9-12)11-24-20(23)25-17;6-5-3-1-2-4-5/h1-11,26H,(H2,23,24,25);5H,1-4,6H2. The first-order valence-corrected chi connectivity index (χ1v) is 11.9. The van der Waals surface area contributed by atoms with Crippen molar-refractivity contribution in [3.8, 4) is 11.1 Å². The summed E-state index contributed by atoms with van der Waals surface area (Å²) in [6, 6.07) is 18.6. The predicted octanol–water partition coefficient (Wildman–Crippen LogP) is 6.68. The molecular weight excluding hydrogens is 457 g/mol. The smallest absolute Gasteiger partial charge is 0.220 e. The molecule has 1 fully saturated rings. The Labute approximate surface area is 201 Å². The summed E-state index contributed by atoms with van der Waals surface area (Å²) in [6.07, 6.45) is 6.91. The average molecular weight is 482 g/mol. The van der Waals surface area contributed by atoms with E-state index in [4.69, 9.17) is 23.1 Å². The Morgan fingerprint density at radius 3 is 2.42 bits per heavy atom. The minimum Gasteiger partial charge on any atom is -0.368 e. The molecule has 1 aromatic heterocycles. The molecule has 0 saturated heterocycles. The first-order valence-electron chi connectivity index (χ1n) is 10.7. The third-order valence-corrected chi connectivity index (χ3v) is 6.75. The van der Waals surface area contributed by atoms with E-state index in [9.17, 15) is 4.39 Å². The van der Waals surface area contributed by atoms with Gasteiger partial charge in [0.15, 0.2) is 0 Å². The highest BCUT2D eigenvalue weighted by molar-refractivity contribution is 8.00. The Morgan fingerprint density at radius 2 is 1.73 bits per heavy atom. The topological polar surface area (TPSA) is 89.9 Å². The second-order valence-corrected chi connectivity index (χ2v) is 9.13. The monoisotopic (exact) mass is 481 g/mol. The van der Waals surface area contributed by atoms with Crippen LogP contribution in [0.4, 0.5) is 16.0 Å². The zero-order valence-corrected chi connectivity index (χ0v) is 19.5. The Balaban J connectivity index is 0.000000376. The van der Waals surface area contributed by atoms with Crippen LogP contribution in [0.5, 0.6) is 0 Å². The molecule has 33 heavy (non-hydrogen) atoms. The van der Waals surface area contributed by atoms with Crippen LogP contribution in [0.25, 0.3) is 22.0 Å². The number of aromatic nitrogens is 2. The van der Waals surface area contributed by atoms with Crippen LogP contribution in [-0.2, 0) is 0 Å². The van der Waals surface area contributed by atoms with Gasteiger partial charge < -0.3 is 16.2 Å². The summed E-state index contributed by atoms with van der Waals surface area (Å²) in [4.78, 5) is 9.00. The fourth-order valence-electron chi connectivity index (χ4n) is 3.60. The van der Waals surface area contributed by atoms with Crippen molar-refractivity contribution in [2.24, 2.45) is 5.73 Å². The van der Waals surface area contributed by atoms with Crippen LogP contribution < -0.4 is 16.2 Å². The number of nitrogens with zero attached hydrogens (tertiary/aromatic N) is 2. The van der Waals surface area contributed by atoms with E-state index in [-0.39, 0.29) is 11.8 Å². The summed E-state index contributed by atoms with van der Waals surface area (Å²) in [7, 11) is 0. The number of hydrogen-bond donors (Lipinski definition) is 3. The zero-order chi connectivity index (χ0) is 23.2. The average Bonchev–Trinajstić information content (AvgIpc) is 3.30. The summed E-state index contributed by atoms with van der Waals surface area (Å²) in [5.41, 5.74) is 13.9. The summed E-state index contributed by atoms with van der Waals surface area (Å²) in [6.45, 7) is 0. The van der Waals surface area contributed by atoms with Crippen LogP contribution in [0, 0.1) is 5.82 Å². The van der Waals surface area contributed by atoms with Gasteiger partial charge >= 0.3 is 0 Å². The molecule has 1 saturated carbocycles. The van der Waals surface area contributed by atoms with E-state index in [1.807, 2.05) is 42.5 Å². The SMILES string of the molecule is NC1CCCC1.Nc1ncc2cc(-c3ccc(NSc4ccccc4Cl)c(F)c3)ccc2n1. The van der Waals surface area contributed by atoms with Gasteiger partial charge in [-0.1, -0.05) is 48.7 Å². The molecule has 5 nitrogen and oxygen atoms in total. The first kappa shape index (κ1) is 23.3. The molecular formula is C25H25ClFN5S. The van der Waals surface area contributed by atoms with Gasteiger partial charge in [-0.2, -0.15) is 0 Å². The van der Waals surface area contributed by atoms with E-state index < -0.39 is 0 Å². The fraction of sp³-hybridized carbons (Fsp3) is 0.200. The van der Waals surface area contributed by atoms with Crippen LogP contribution in [0.3, 0.4) is 0 Å². The van der Waals surface area contributed by atoms with E-state index in [1.54, 1.807) is 18.3 Å². The molecule has 3 aromatic carbocycles. The maximum absolute atomic E-state index is 14.6. The second-order valence-electron chi connectivity index (χ2n) is 7.88. The van der Waals surface area contributed by atoms with Gasteiger partial charge in [0, 0.05) is 22.5 Å². The molecule has 1 aliphatic carbocycles. The molecule has 0 unspecified atom stereocenters. The summed E-state index contributed by atoms with van der Waals surface area (Å²) in [5.74, 6) is -0.117. The number of nitrogen functional groups attached to an aromatic ring is 1. The number of halogens is 2. The molecule has 1 heterocycles. The molecule has 1 aliphatic rings. The van der Waals surface area contributed by atoms with Crippen molar-refractivity contribution in [1.29, 1.82) is 0 Å². The largest absolute Gasteiger partial charge is 0.368 e. The van der Waals surface area contributed by atoms with E-state index in [2.05, 4.69) is 14.7 Å². The molecule has 0 aliphatic heterocycles. The van der Waals surface area contributed by atoms with Crippen LogP contribution in [0.2, 0.25) is 5.02 Å². The van der Waals surface area contributed by atoms with E-state index in [0.717, 1.165) is 26.9 Å². The van der Waals surface area contributed by atoms with Gasteiger partial charge in [0.1, 0.15) is 5.82 Å². The lowest BCUT2D eigenvalue weighted by Crippen LogP contribution is -2.13. The third kappa shape index (κ3) is 6.13. The molecule has 0 radical (unpaired) electrons. The maximum Gasteiger partial charge on any atom is 0.220 e. The minimum atomic E-state index is -0.347. The number of rotatable bonds is 4. The van der Waals surface area contributed by atoms with Gasteiger partial charge in [0.25, 0.3) is 0 Å². The highest BCUT2D eigenvalue weighted by Gasteiger charge is 2.09. The fourth-order valence-corrected chi connectivity index (χ4v) is 4.55. The van der Waals surface area contributed by atoms with E-state index >= 15 is 0 Å². The van der Waals surface area contributed by atoms with Crippen molar-refractivity contribution in [3.05, 3.63) is 77.7 Å². The molecule has 0 spiro atoms. The highest BCUT2D eigenvalue weighted by Crippen LogP contribution is 2.31. The van der Waals surface area contributed by atoms with Gasteiger partial charge in [-0.05, 0) is 72.3 Å². The normalized spacial score (nSPS) is 13.5. The summed E-state index contributed by atoms with van der Waals surface area (Å²) >= 11 is 7.39. The highest BCUT2D eigenvalue weighted by atomic mass is 35.5. The van der Waals surface area contributed by atoms with Crippen LogP contribution in [0.15, 0.2) is 71.8 Å². The Kier molecular flexibility index (Phi) is 7.65. The lowest BCUT2D eigenvalue weighted by molar-refractivity contribution is 0.633. The molecule has 170 valence electrons. The second kappa shape index (κ2) is 10.8. The van der Waals surface area contributed by atoms with E-state index in [1.165, 1.54) is 43.7 Å². The number of hydrogen-bond acceptors (Lipinski definition) is 6. The molecule has 0 amide bonds. The Morgan fingerprint density at radius 1 is 1.00 bits per heavy atom. The van der Waals surface area contributed by atoms with Crippen LogP contribution in [0.1, 0.15) is 25.7 Å². The number of nitrogens with two attached hydrogens (primary N) is 2. The van der Waals surface area contributed by atoms with Gasteiger partial charge in [-0.3, -0.25) is 0 Å². The Hall–Kier alpha value is -2.87. The first-order chi connectivity index (χ1) is 16.0. The van der Waals surface area contributed by atoms with Crippen molar-refractivity contribution in [1.82, 2.24) is 9.97 Å². The van der Waals surface area contributed by atoms with Crippen LogP contribution >= 0.6 is 23.5 Å². The van der Waals surface area contributed by atoms with Crippen LogP contribution in [-0.4, -0.2) is 16.0 Å². The third-order valence-electron chi connectivity index (χ3n) is 5.41. The minimum absolute atomic E-state index is 0.229. The van der Waals surface area contributed by atoms with Gasteiger partial charge in [0.05, 0.1) is 16.2 Å². The molecule has 0 atom stereocenters. The maximum atomic E-state index is 14.6. The quantitative estimate of drug-likeness (QED) is 0.282. The predicted molar refractivity (Wildman–Crippen MR) is 137 cm³/mol. The Bertz CT molecular complexity index is 1250. The van der Waals surface area contributed by atoms with Crippen molar-refractivity contribution in [3.63, 3.8) is 0 Å². The number of nitrogens with one attached hydrogen (secondary N) is 1. The van der Waals surface area contributed by atoms with Crippen molar-refractivity contribution >= 4 is 46.1 Å². The zero-order valence-electron chi connectivity index (χ0n) is 18.0. The molecule has 8 heteroatoms. The number of anilines is 2. The molecule has 5 N–H and O–H groups in total. The van der Waals surface area contributed by atoms with E-state index in [0.29, 0.717) is 16.8 Å². The van der Waals surface area contributed by atoms with Crippen molar-refractivity contribution < 1.29 is 4.39 Å². The summed E-state index contributed by atoms with van der Waals surface area (Å²) in [5, 5.41) is 1.46. The number of fused-ring (bicyclic) bond motifs is 1. The van der Waals surface area contributed by atoms with Gasteiger partial charge in [0.2, 0.25) is 5.95 Å². The van der Waals surface area contributed by atoms with Gasteiger partial charge in [-0.15, -0.1) is 0 Å². The molecule has 0 bridgehead atoms. The van der Waals surface area contributed by atoms with Gasteiger partial charge in [-0.25, -0.2) is 14.4 Å². The number of benzene rings is 3. The van der Waals surface area contributed by atoms with Crippen molar-refractivity contribution in [2.45, 2.75) is 36.6 Å². The molecule has 5 rings (SSSR count). The lowest BCUT2D eigenvalue weighted by atomic mass is 10.0. The lowest BCUT2D eigenvalue weighted by Gasteiger charge is -2.10.